The number of aliphatic hydroxyl groups is 2. The van der Waals surface area contributed by atoms with Crippen molar-refractivity contribution in [3.8, 4) is 0 Å². The summed E-state index contributed by atoms with van der Waals surface area (Å²) in [5.74, 6) is -0.414. The van der Waals surface area contributed by atoms with E-state index in [9.17, 15) is 4.79 Å². The van der Waals surface area contributed by atoms with Gasteiger partial charge < -0.3 is 21.3 Å². The van der Waals surface area contributed by atoms with Gasteiger partial charge in [-0.05, 0) is 12.1 Å². The van der Waals surface area contributed by atoms with Crippen molar-refractivity contribution < 1.29 is 15.0 Å². The van der Waals surface area contributed by atoms with Gasteiger partial charge in [-0.1, -0.05) is 0 Å². The van der Waals surface area contributed by atoms with Crippen LogP contribution in [0.25, 0.3) is 0 Å². The first-order valence-corrected chi connectivity index (χ1v) is 4.42. The van der Waals surface area contributed by atoms with Gasteiger partial charge in [0.1, 0.15) is 5.69 Å². The van der Waals surface area contributed by atoms with Crippen LogP contribution in [0.1, 0.15) is 10.5 Å². The van der Waals surface area contributed by atoms with Crippen molar-refractivity contribution in [2.24, 2.45) is 0 Å². The second-order valence-electron chi connectivity index (χ2n) is 3.02. The summed E-state index contributed by atoms with van der Waals surface area (Å²) >= 11 is 0. The number of aromatic nitrogens is 1. The maximum Gasteiger partial charge on any atom is 0.269 e. The average Bonchev–Trinajstić information content (AvgIpc) is 2.26. The number of carbonyl (C=O) groups is 1. The van der Waals surface area contributed by atoms with Crippen LogP contribution in [0.5, 0.6) is 0 Å². The van der Waals surface area contributed by atoms with E-state index < -0.39 is 18.6 Å². The molecule has 82 valence electrons. The van der Waals surface area contributed by atoms with Crippen LogP contribution in [0, 0.1) is 0 Å². The van der Waals surface area contributed by atoms with Crippen molar-refractivity contribution in [1.82, 2.24) is 10.3 Å². The predicted molar refractivity (Wildman–Crippen MR) is 54.1 cm³/mol. The highest BCUT2D eigenvalue weighted by Gasteiger charge is 2.08. The van der Waals surface area contributed by atoms with Crippen molar-refractivity contribution in [1.29, 1.82) is 0 Å². The van der Waals surface area contributed by atoms with Crippen LogP contribution in [0.15, 0.2) is 18.3 Å². The molecule has 0 radical (unpaired) electrons. The molecule has 0 aromatic carbocycles. The highest BCUT2D eigenvalue weighted by atomic mass is 16.3. The van der Waals surface area contributed by atoms with Gasteiger partial charge in [-0.2, -0.15) is 0 Å². The molecule has 1 aromatic rings. The summed E-state index contributed by atoms with van der Waals surface area (Å²) in [6, 6.07) is 3.04. The zero-order valence-electron chi connectivity index (χ0n) is 8.05. The Morgan fingerprint density at radius 3 is 2.87 bits per heavy atom. The summed E-state index contributed by atoms with van der Waals surface area (Å²) in [5.41, 5.74) is 6.09. The van der Waals surface area contributed by atoms with E-state index in [1.54, 1.807) is 6.07 Å². The number of amides is 1. The topological polar surface area (TPSA) is 108 Å². The molecule has 1 rings (SSSR count). The summed E-state index contributed by atoms with van der Waals surface area (Å²) in [7, 11) is 0. The van der Waals surface area contributed by atoms with Gasteiger partial charge in [-0.3, -0.25) is 4.79 Å². The Kier molecular flexibility index (Phi) is 4.02. The Bertz CT molecular complexity index is 326. The second kappa shape index (κ2) is 5.28. The van der Waals surface area contributed by atoms with Crippen LogP contribution < -0.4 is 11.1 Å². The highest BCUT2D eigenvalue weighted by Crippen LogP contribution is 2.00. The zero-order chi connectivity index (χ0) is 11.3. The fourth-order valence-electron chi connectivity index (χ4n) is 0.905. The van der Waals surface area contributed by atoms with Gasteiger partial charge in [-0.25, -0.2) is 4.98 Å². The van der Waals surface area contributed by atoms with Crippen LogP contribution >= 0.6 is 0 Å². The number of nitrogens with one attached hydrogen (secondary N) is 1. The van der Waals surface area contributed by atoms with Crippen molar-refractivity contribution in [3.05, 3.63) is 24.0 Å². The minimum Gasteiger partial charge on any atom is -0.397 e. The van der Waals surface area contributed by atoms with Crippen LogP contribution in [0.4, 0.5) is 5.69 Å². The molecular weight excluding hydrogens is 198 g/mol. The molecule has 0 saturated carbocycles. The summed E-state index contributed by atoms with van der Waals surface area (Å²) < 4.78 is 0. The summed E-state index contributed by atoms with van der Waals surface area (Å²) in [4.78, 5) is 15.2. The molecule has 0 aliphatic carbocycles. The molecule has 1 unspecified atom stereocenters. The van der Waals surface area contributed by atoms with Crippen LogP contribution in [-0.2, 0) is 0 Å². The van der Waals surface area contributed by atoms with E-state index in [1.807, 2.05) is 0 Å². The third-order valence-corrected chi connectivity index (χ3v) is 1.73. The summed E-state index contributed by atoms with van der Waals surface area (Å²) in [5, 5.41) is 19.9. The number of carbonyl (C=O) groups excluding carboxylic acids is 1. The van der Waals surface area contributed by atoms with Crippen LogP contribution in [0.3, 0.4) is 0 Å². The number of hydrogen-bond acceptors (Lipinski definition) is 5. The van der Waals surface area contributed by atoms with Gasteiger partial charge in [0, 0.05) is 6.54 Å². The zero-order valence-corrected chi connectivity index (χ0v) is 8.05. The van der Waals surface area contributed by atoms with E-state index >= 15 is 0 Å². The number of rotatable bonds is 4. The van der Waals surface area contributed by atoms with Crippen molar-refractivity contribution >= 4 is 11.6 Å². The highest BCUT2D eigenvalue weighted by molar-refractivity contribution is 5.92. The Morgan fingerprint density at radius 1 is 1.60 bits per heavy atom. The predicted octanol–water partition coefficient (Wildman–Crippen LogP) is -1.25. The lowest BCUT2D eigenvalue weighted by molar-refractivity contribution is 0.0799. The van der Waals surface area contributed by atoms with E-state index in [-0.39, 0.29) is 12.2 Å². The van der Waals surface area contributed by atoms with E-state index in [2.05, 4.69) is 10.3 Å². The van der Waals surface area contributed by atoms with Gasteiger partial charge in [0.2, 0.25) is 0 Å². The smallest absolute Gasteiger partial charge is 0.269 e. The number of aliphatic hydroxyl groups excluding tert-OH is 2. The fourth-order valence-corrected chi connectivity index (χ4v) is 0.905. The van der Waals surface area contributed by atoms with Gasteiger partial charge in [-0.15, -0.1) is 0 Å². The largest absolute Gasteiger partial charge is 0.397 e. The van der Waals surface area contributed by atoms with E-state index in [0.29, 0.717) is 5.69 Å². The molecule has 5 N–H and O–H groups in total. The molecule has 0 aliphatic heterocycles. The fraction of sp³-hybridized carbons (Fsp3) is 0.333. The third kappa shape index (κ3) is 3.53. The maximum absolute atomic E-state index is 11.4. The number of nitrogens with zero attached hydrogens (tertiary/aromatic N) is 1. The van der Waals surface area contributed by atoms with Crippen molar-refractivity contribution in [3.63, 3.8) is 0 Å². The minimum absolute atomic E-state index is 0.0125. The van der Waals surface area contributed by atoms with Gasteiger partial charge >= 0.3 is 0 Å². The third-order valence-electron chi connectivity index (χ3n) is 1.73. The van der Waals surface area contributed by atoms with E-state index in [1.165, 1.54) is 12.3 Å². The average molecular weight is 211 g/mol. The molecule has 6 heteroatoms. The van der Waals surface area contributed by atoms with Gasteiger partial charge in [0.15, 0.2) is 0 Å². The number of nitrogens with two attached hydrogens (primary N) is 1. The molecule has 15 heavy (non-hydrogen) atoms. The first kappa shape index (κ1) is 11.4. The minimum atomic E-state index is -0.956. The lowest BCUT2D eigenvalue weighted by Crippen LogP contribution is -2.34. The van der Waals surface area contributed by atoms with Gasteiger partial charge in [0.25, 0.3) is 5.91 Å². The lowest BCUT2D eigenvalue weighted by Gasteiger charge is -2.08. The Morgan fingerprint density at radius 2 is 2.33 bits per heavy atom. The molecule has 1 amide bonds. The monoisotopic (exact) mass is 211 g/mol. The molecular formula is C9H13N3O3. The summed E-state index contributed by atoms with van der Waals surface area (Å²) in [6.07, 6.45) is 0.417. The molecule has 1 aromatic heterocycles. The molecule has 1 heterocycles. The molecule has 0 saturated heterocycles. The maximum atomic E-state index is 11.4. The summed E-state index contributed by atoms with van der Waals surface area (Å²) in [6.45, 7) is -0.406. The molecule has 0 bridgehead atoms. The van der Waals surface area contributed by atoms with Gasteiger partial charge in [0.05, 0.1) is 24.6 Å². The quantitative estimate of drug-likeness (QED) is 0.497. The number of nitrogen functional groups attached to an aromatic ring is 1. The SMILES string of the molecule is Nc1ccc(C(=O)NCC(O)CO)nc1. The molecule has 0 spiro atoms. The Balaban J connectivity index is 2.50. The number of anilines is 1. The second-order valence-corrected chi connectivity index (χ2v) is 3.02. The first-order chi connectivity index (χ1) is 7.13. The molecule has 6 nitrogen and oxygen atoms in total. The normalized spacial score (nSPS) is 12.1. The van der Waals surface area contributed by atoms with E-state index in [0.717, 1.165) is 0 Å². The van der Waals surface area contributed by atoms with Crippen molar-refractivity contribution in [2.75, 3.05) is 18.9 Å². The van der Waals surface area contributed by atoms with Crippen LogP contribution in [0.2, 0.25) is 0 Å². The Labute approximate surface area is 86.8 Å². The standard InChI is InChI=1S/C9H13N3O3/c10-6-1-2-8(11-3-6)9(15)12-4-7(14)5-13/h1-3,7,13-14H,4-5,10H2,(H,12,15). The first-order valence-electron chi connectivity index (χ1n) is 4.42. The number of hydrogen-bond donors (Lipinski definition) is 4. The number of pyridine rings is 1. The Hall–Kier alpha value is -1.66. The molecule has 0 fully saturated rings. The lowest BCUT2D eigenvalue weighted by atomic mass is 10.3. The molecule has 0 aliphatic rings. The van der Waals surface area contributed by atoms with E-state index in [4.69, 9.17) is 15.9 Å². The molecule has 1 atom stereocenters. The van der Waals surface area contributed by atoms with Crippen LogP contribution in [-0.4, -0.2) is 40.4 Å². The van der Waals surface area contributed by atoms with Crippen molar-refractivity contribution in [2.45, 2.75) is 6.10 Å².